The van der Waals surface area contributed by atoms with E-state index in [1.165, 1.54) is 35.2 Å². The van der Waals surface area contributed by atoms with Crippen LogP contribution in [-0.4, -0.2) is 47.0 Å². The van der Waals surface area contributed by atoms with Gasteiger partial charge in [0, 0.05) is 31.3 Å². The summed E-state index contributed by atoms with van der Waals surface area (Å²) in [6.07, 6.45) is 0. The standard InChI is InChI=1S/C28H31FN6O5/c1-20(32-16-15-31-17-23-5-3-4-6-26(23)35(38)39)33(18-22-9-13-25(40-2)14-10-22)28(37)34(27(30)36)19-21-7-11-24(29)12-8-21/h3-14,31-32H,1,15-19H2,2H3,(H2,30,36). The number of hydrogen-bond acceptors (Lipinski definition) is 7. The van der Waals surface area contributed by atoms with Crippen LogP contribution in [0.15, 0.2) is 85.2 Å². The molecular formula is C28H31FN6O5. The van der Waals surface area contributed by atoms with Gasteiger partial charge in [-0.1, -0.05) is 49.0 Å². The zero-order valence-corrected chi connectivity index (χ0v) is 22.0. The molecule has 0 radical (unpaired) electrons. The van der Waals surface area contributed by atoms with Crippen molar-refractivity contribution < 1.29 is 23.6 Å². The largest absolute Gasteiger partial charge is 0.497 e. The molecule has 3 rings (SSSR count). The van der Waals surface area contributed by atoms with Crippen molar-refractivity contribution in [1.29, 1.82) is 0 Å². The fourth-order valence-corrected chi connectivity index (χ4v) is 3.80. The summed E-state index contributed by atoms with van der Waals surface area (Å²) >= 11 is 0. The van der Waals surface area contributed by atoms with Crippen molar-refractivity contribution in [2.45, 2.75) is 19.6 Å². The first-order chi connectivity index (χ1) is 19.2. The number of nitrogens with two attached hydrogens (primary N) is 1. The molecule has 11 nitrogen and oxygen atoms in total. The molecule has 0 aliphatic rings. The van der Waals surface area contributed by atoms with Crippen LogP contribution in [0.4, 0.5) is 19.7 Å². The Morgan fingerprint density at radius 3 is 2.17 bits per heavy atom. The van der Waals surface area contributed by atoms with Crippen LogP contribution in [0, 0.1) is 15.9 Å². The van der Waals surface area contributed by atoms with E-state index in [4.69, 9.17) is 10.5 Å². The number of nitrogens with zero attached hydrogens (tertiary/aromatic N) is 3. The molecule has 3 aromatic carbocycles. The lowest BCUT2D eigenvalue weighted by molar-refractivity contribution is -0.385. The van der Waals surface area contributed by atoms with Crippen LogP contribution in [0.3, 0.4) is 0 Å². The van der Waals surface area contributed by atoms with Gasteiger partial charge in [-0.05, 0) is 35.4 Å². The van der Waals surface area contributed by atoms with Gasteiger partial charge in [-0.15, -0.1) is 0 Å². The van der Waals surface area contributed by atoms with Gasteiger partial charge in [-0.3, -0.25) is 15.0 Å². The van der Waals surface area contributed by atoms with Crippen LogP contribution in [0.1, 0.15) is 16.7 Å². The van der Waals surface area contributed by atoms with Crippen LogP contribution in [0.5, 0.6) is 5.75 Å². The summed E-state index contributed by atoms with van der Waals surface area (Å²) in [5.41, 5.74) is 7.36. The Balaban J connectivity index is 1.70. The highest BCUT2D eigenvalue weighted by atomic mass is 19.1. The van der Waals surface area contributed by atoms with Crippen molar-refractivity contribution >= 4 is 17.7 Å². The summed E-state index contributed by atoms with van der Waals surface area (Å²) < 4.78 is 18.5. The number of nitrogens with one attached hydrogen (secondary N) is 2. The number of urea groups is 2. The number of carbonyl (C=O) groups excluding carboxylic acids is 2. The molecule has 0 bridgehead atoms. The predicted octanol–water partition coefficient (Wildman–Crippen LogP) is 4.10. The van der Waals surface area contributed by atoms with Gasteiger partial charge in [0.2, 0.25) is 0 Å². The monoisotopic (exact) mass is 550 g/mol. The zero-order valence-electron chi connectivity index (χ0n) is 22.0. The number of nitro groups is 1. The van der Waals surface area contributed by atoms with Crippen LogP contribution in [-0.2, 0) is 19.6 Å². The molecule has 12 heteroatoms. The lowest BCUT2D eigenvalue weighted by atomic mass is 10.2. The fourth-order valence-electron chi connectivity index (χ4n) is 3.80. The molecule has 4 amide bonds. The van der Waals surface area contributed by atoms with E-state index in [-0.39, 0.29) is 31.1 Å². The molecule has 0 saturated heterocycles. The number of methoxy groups -OCH3 is 1. The molecule has 3 aromatic rings. The van der Waals surface area contributed by atoms with Crippen LogP contribution >= 0.6 is 0 Å². The molecular weight excluding hydrogens is 519 g/mol. The lowest BCUT2D eigenvalue weighted by Crippen LogP contribution is -2.49. The summed E-state index contributed by atoms with van der Waals surface area (Å²) in [7, 11) is 1.54. The molecule has 0 aliphatic carbocycles. The first-order valence-corrected chi connectivity index (χ1v) is 12.3. The molecule has 40 heavy (non-hydrogen) atoms. The number of para-hydroxylation sites is 1. The van der Waals surface area contributed by atoms with Gasteiger partial charge in [0.25, 0.3) is 5.69 Å². The Hall–Kier alpha value is -4.97. The highest BCUT2D eigenvalue weighted by Crippen LogP contribution is 2.18. The highest BCUT2D eigenvalue weighted by molar-refractivity contribution is 5.93. The van der Waals surface area contributed by atoms with Gasteiger partial charge in [-0.2, -0.15) is 0 Å². The number of imide groups is 1. The average molecular weight is 551 g/mol. The van der Waals surface area contributed by atoms with E-state index < -0.39 is 22.8 Å². The van der Waals surface area contributed by atoms with Crippen molar-refractivity contribution in [2.75, 3.05) is 20.2 Å². The third kappa shape index (κ3) is 8.27. The molecule has 0 aliphatic heterocycles. The molecule has 210 valence electrons. The van der Waals surface area contributed by atoms with E-state index in [2.05, 4.69) is 17.2 Å². The number of benzene rings is 3. The molecule has 0 heterocycles. The number of amides is 4. The van der Waals surface area contributed by atoms with E-state index in [1.807, 2.05) is 0 Å². The molecule has 0 saturated carbocycles. The summed E-state index contributed by atoms with van der Waals surface area (Å²) in [5.74, 6) is 0.395. The molecule has 0 fully saturated rings. The highest BCUT2D eigenvalue weighted by Gasteiger charge is 2.27. The lowest BCUT2D eigenvalue weighted by Gasteiger charge is -2.30. The van der Waals surface area contributed by atoms with Gasteiger partial charge in [-0.25, -0.2) is 18.9 Å². The molecule has 0 unspecified atom stereocenters. The molecule has 0 atom stereocenters. The Kier molecular flexibility index (Phi) is 10.5. The van der Waals surface area contributed by atoms with E-state index in [0.717, 1.165) is 10.5 Å². The Labute approximate surface area is 231 Å². The van der Waals surface area contributed by atoms with Gasteiger partial charge >= 0.3 is 12.1 Å². The maximum Gasteiger partial charge on any atom is 0.334 e. The van der Waals surface area contributed by atoms with Crippen molar-refractivity contribution in [1.82, 2.24) is 20.4 Å². The first-order valence-electron chi connectivity index (χ1n) is 12.3. The number of ether oxygens (including phenoxy) is 1. The van der Waals surface area contributed by atoms with Crippen molar-refractivity contribution in [3.63, 3.8) is 0 Å². The number of primary amides is 1. The van der Waals surface area contributed by atoms with E-state index in [1.54, 1.807) is 49.6 Å². The zero-order chi connectivity index (χ0) is 29.1. The minimum Gasteiger partial charge on any atom is -0.497 e. The van der Waals surface area contributed by atoms with Crippen LogP contribution in [0.25, 0.3) is 0 Å². The van der Waals surface area contributed by atoms with Crippen molar-refractivity contribution in [3.8, 4) is 5.75 Å². The maximum atomic E-state index is 13.6. The van der Waals surface area contributed by atoms with Gasteiger partial charge in [0.15, 0.2) is 0 Å². The van der Waals surface area contributed by atoms with Gasteiger partial charge in [0.05, 0.1) is 25.1 Å². The molecule has 0 aromatic heterocycles. The molecule has 0 spiro atoms. The molecule has 4 N–H and O–H groups in total. The maximum absolute atomic E-state index is 13.6. The third-order valence-electron chi connectivity index (χ3n) is 5.94. The number of carbonyl (C=O) groups is 2. The number of halogens is 1. The smallest absolute Gasteiger partial charge is 0.334 e. The van der Waals surface area contributed by atoms with E-state index in [9.17, 15) is 24.1 Å². The SMILES string of the molecule is C=C(NCCNCc1ccccc1[N+](=O)[O-])N(Cc1ccc(OC)cc1)C(=O)N(Cc1ccc(F)cc1)C(N)=O. The second-order valence-electron chi connectivity index (χ2n) is 8.70. The summed E-state index contributed by atoms with van der Waals surface area (Å²) in [6.45, 7) is 4.86. The first kappa shape index (κ1) is 29.6. The van der Waals surface area contributed by atoms with Crippen LogP contribution < -0.4 is 21.1 Å². The second-order valence-corrected chi connectivity index (χ2v) is 8.70. The van der Waals surface area contributed by atoms with Crippen molar-refractivity contribution in [2.24, 2.45) is 5.73 Å². The second kappa shape index (κ2) is 14.3. The van der Waals surface area contributed by atoms with Gasteiger partial charge < -0.3 is 21.1 Å². The summed E-state index contributed by atoms with van der Waals surface area (Å²) in [5, 5.41) is 17.4. The predicted molar refractivity (Wildman–Crippen MR) is 147 cm³/mol. The quantitative estimate of drug-likeness (QED) is 0.165. The fraction of sp³-hybridized carbons (Fsp3) is 0.214. The number of rotatable bonds is 13. The average Bonchev–Trinajstić information content (AvgIpc) is 2.95. The van der Waals surface area contributed by atoms with E-state index >= 15 is 0 Å². The Morgan fingerprint density at radius 2 is 1.57 bits per heavy atom. The minimum atomic E-state index is -0.979. The van der Waals surface area contributed by atoms with Gasteiger partial charge in [0.1, 0.15) is 17.4 Å². The van der Waals surface area contributed by atoms with Crippen molar-refractivity contribution in [3.05, 3.63) is 118 Å². The Bertz CT molecular complexity index is 1330. The number of hydrogen-bond donors (Lipinski definition) is 3. The summed E-state index contributed by atoms with van der Waals surface area (Å²) in [4.78, 5) is 38.8. The Morgan fingerprint density at radius 1 is 0.975 bits per heavy atom. The minimum absolute atomic E-state index is 0.0244. The normalized spacial score (nSPS) is 10.4. The van der Waals surface area contributed by atoms with E-state index in [0.29, 0.717) is 30.0 Å². The topological polar surface area (TPSA) is 143 Å². The number of nitro benzene ring substituents is 1. The summed E-state index contributed by atoms with van der Waals surface area (Å²) in [6, 6.07) is 17.1. The third-order valence-corrected chi connectivity index (χ3v) is 5.94. The van der Waals surface area contributed by atoms with Crippen LogP contribution in [0.2, 0.25) is 0 Å².